The molecule has 0 amide bonds. The third-order valence-corrected chi connectivity index (χ3v) is 5.01. The number of para-hydroxylation sites is 1. The van der Waals surface area contributed by atoms with Gasteiger partial charge in [0, 0.05) is 12.6 Å². The van der Waals surface area contributed by atoms with Gasteiger partial charge in [-0.1, -0.05) is 109 Å². The molecular weight excluding hydrogens is 380 g/mol. The molecule has 0 unspecified atom stereocenters. The Morgan fingerprint density at radius 1 is 0.645 bits per heavy atom. The van der Waals surface area contributed by atoms with Gasteiger partial charge in [0.1, 0.15) is 6.10 Å². The Morgan fingerprint density at radius 2 is 1.13 bits per heavy atom. The number of nitrogens with zero attached hydrogens (tertiary/aromatic N) is 1. The van der Waals surface area contributed by atoms with Crippen LogP contribution >= 0.6 is 0 Å². The second-order valence-electron chi connectivity index (χ2n) is 7.34. The minimum Gasteiger partial charge on any atom is -0.282 e. The average molecular weight is 407 g/mol. The van der Waals surface area contributed by atoms with Gasteiger partial charge in [-0.15, -0.1) is 0 Å². The van der Waals surface area contributed by atoms with Crippen LogP contribution in [-0.2, 0) is 11.3 Å². The lowest BCUT2D eigenvalue weighted by Crippen LogP contribution is -2.22. The van der Waals surface area contributed by atoms with Crippen LogP contribution < -0.4 is 5.48 Å². The van der Waals surface area contributed by atoms with Crippen molar-refractivity contribution in [2.45, 2.75) is 18.6 Å². The van der Waals surface area contributed by atoms with Crippen molar-refractivity contribution in [3.05, 3.63) is 138 Å². The van der Waals surface area contributed by atoms with Crippen molar-refractivity contribution >= 4 is 11.9 Å². The van der Waals surface area contributed by atoms with Crippen molar-refractivity contribution in [3.8, 4) is 0 Å². The standard InChI is InChI=1S/C28H26N2O/c1-5-13-23(14-6-1)21-27(31-30-26-19-11-4-12-20-26)22-29-28(24-15-7-2-8-16-24)25-17-9-3-10-18-25/h1-20,22,27-28,30H,21H2/t27-/m0/s1. The highest BCUT2D eigenvalue weighted by Gasteiger charge is 2.14. The maximum atomic E-state index is 6.05. The van der Waals surface area contributed by atoms with Crippen LogP contribution in [0.4, 0.5) is 5.69 Å². The van der Waals surface area contributed by atoms with Crippen molar-refractivity contribution in [2.24, 2.45) is 4.99 Å². The molecule has 31 heavy (non-hydrogen) atoms. The van der Waals surface area contributed by atoms with Crippen LogP contribution in [0.25, 0.3) is 0 Å². The molecule has 0 radical (unpaired) electrons. The highest BCUT2D eigenvalue weighted by atomic mass is 16.7. The molecule has 0 saturated carbocycles. The zero-order chi connectivity index (χ0) is 21.1. The highest BCUT2D eigenvalue weighted by molar-refractivity contribution is 5.65. The van der Waals surface area contributed by atoms with Gasteiger partial charge in [0.05, 0.1) is 11.7 Å². The summed E-state index contributed by atoms with van der Waals surface area (Å²) in [5.41, 5.74) is 7.49. The van der Waals surface area contributed by atoms with Gasteiger partial charge in [-0.3, -0.25) is 15.3 Å². The van der Waals surface area contributed by atoms with E-state index in [0.29, 0.717) is 0 Å². The SMILES string of the molecule is C(=NC(c1ccccc1)c1ccccc1)[C@H](Cc1ccccc1)ONc1ccccc1. The molecule has 4 aromatic rings. The molecule has 0 aromatic heterocycles. The van der Waals surface area contributed by atoms with E-state index in [2.05, 4.69) is 66.1 Å². The van der Waals surface area contributed by atoms with Gasteiger partial charge >= 0.3 is 0 Å². The Hall–Kier alpha value is -3.69. The Balaban J connectivity index is 1.57. The fourth-order valence-corrected chi connectivity index (χ4v) is 3.44. The minimum atomic E-state index is -0.225. The molecule has 0 bridgehead atoms. The number of hydrogen-bond acceptors (Lipinski definition) is 3. The molecule has 3 nitrogen and oxygen atoms in total. The molecule has 4 aromatic carbocycles. The largest absolute Gasteiger partial charge is 0.282 e. The number of aliphatic imine (C=N–C) groups is 1. The molecule has 0 heterocycles. The van der Waals surface area contributed by atoms with E-state index in [1.54, 1.807) is 0 Å². The van der Waals surface area contributed by atoms with Crippen molar-refractivity contribution in [3.63, 3.8) is 0 Å². The maximum absolute atomic E-state index is 6.05. The molecule has 1 atom stereocenters. The summed E-state index contributed by atoms with van der Waals surface area (Å²) in [4.78, 5) is 11.0. The van der Waals surface area contributed by atoms with E-state index in [9.17, 15) is 0 Å². The number of rotatable bonds is 9. The highest BCUT2D eigenvalue weighted by Crippen LogP contribution is 2.25. The van der Waals surface area contributed by atoms with Crippen molar-refractivity contribution in [1.82, 2.24) is 0 Å². The van der Waals surface area contributed by atoms with Crippen LogP contribution in [0.5, 0.6) is 0 Å². The van der Waals surface area contributed by atoms with Crippen molar-refractivity contribution in [2.75, 3.05) is 5.48 Å². The molecular formula is C28H26N2O. The first kappa shape index (κ1) is 20.6. The Morgan fingerprint density at radius 3 is 1.68 bits per heavy atom. The molecule has 4 rings (SSSR count). The normalized spacial score (nSPS) is 12.2. The maximum Gasteiger partial charge on any atom is 0.124 e. The zero-order valence-corrected chi connectivity index (χ0v) is 17.3. The van der Waals surface area contributed by atoms with Crippen LogP contribution in [0.2, 0.25) is 0 Å². The van der Waals surface area contributed by atoms with Gasteiger partial charge in [-0.2, -0.15) is 0 Å². The first-order chi connectivity index (χ1) is 15.4. The Kier molecular flexibility index (Phi) is 7.24. The van der Waals surface area contributed by atoms with Crippen LogP contribution in [0.1, 0.15) is 22.7 Å². The van der Waals surface area contributed by atoms with E-state index >= 15 is 0 Å². The molecule has 0 spiro atoms. The Bertz CT molecular complexity index is 1010. The predicted molar refractivity (Wildman–Crippen MR) is 128 cm³/mol. The molecule has 154 valence electrons. The van der Waals surface area contributed by atoms with E-state index < -0.39 is 0 Å². The fourth-order valence-electron chi connectivity index (χ4n) is 3.44. The topological polar surface area (TPSA) is 33.6 Å². The molecule has 0 saturated heterocycles. The average Bonchev–Trinajstić information content (AvgIpc) is 2.85. The summed E-state index contributed by atoms with van der Waals surface area (Å²) >= 11 is 0. The molecule has 3 heteroatoms. The summed E-state index contributed by atoms with van der Waals surface area (Å²) in [6.45, 7) is 0. The summed E-state index contributed by atoms with van der Waals surface area (Å²) < 4.78 is 0. The minimum absolute atomic E-state index is 0.0824. The lowest BCUT2D eigenvalue weighted by molar-refractivity contribution is 0.155. The van der Waals surface area contributed by atoms with Gasteiger partial charge in [0.15, 0.2) is 0 Å². The van der Waals surface area contributed by atoms with Gasteiger partial charge in [-0.05, 0) is 28.8 Å². The first-order valence-electron chi connectivity index (χ1n) is 10.5. The van der Waals surface area contributed by atoms with Crippen LogP contribution in [0.3, 0.4) is 0 Å². The summed E-state index contributed by atoms with van der Waals surface area (Å²) in [7, 11) is 0. The summed E-state index contributed by atoms with van der Waals surface area (Å²) in [5.74, 6) is 0. The fraction of sp³-hybridized carbons (Fsp3) is 0.107. The van der Waals surface area contributed by atoms with Crippen LogP contribution in [0.15, 0.2) is 126 Å². The van der Waals surface area contributed by atoms with E-state index in [0.717, 1.165) is 23.2 Å². The number of nitrogens with one attached hydrogen (secondary N) is 1. The third kappa shape index (κ3) is 6.14. The zero-order valence-electron chi connectivity index (χ0n) is 17.3. The number of anilines is 1. The summed E-state index contributed by atoms with van der Waals surface area (Å²) in [6.07, 6.45) is 2.42. The third-order valence-electron chi connectivity index (χ3n) is 5.01. The monoisotopic (exact) mass is 406 g/mol. The second-order valence-corrected chi connectivity index (χ2v) is 7.34. The van der Waals surface area contributed by atoms with Crippen molar-refractivity contribution < 1.29 is 4.84 Å². The lowest BCUT2D eigenvalue weighted by atomic mass is 9.99. The summed E-state index contributed by atoms with van der Waals surface area (Å²) in [6, 6.07) is 40.9. The summed E-state index contributed by atoms with van der Waals surface area (Å²) in [5, 5.41) is 0. The van der Waals surface area contributed by atoms with Crippen LogP contribution in [-0.4, -0.2) is 12.3 Å². The lowest BCUT2D eigenvalue weighted by Gasteiger charge is -2.18. The predicted octanol–water partition coefficient (Wildman–Crippen LogP) is 6.50. The quantitative estimate of drug-likeness (QED) is 0.254. The smallest absolute Gasteiger partial charge is 0.124 e. The van der Waals surface area contributed by atoms with Gasteiger partial charge in [-0.25, -0.2) is 0 Å². The number of benzene rings is 4. The first-order valence-corrected chi connectivity index (χ1v) is 10.5. The second kappa shape index (κ2) is 10.9. The van der Waals surface area contributed by atoms with Crippen LogP contribution in [0, 0.1) is 0 Å². The molecule has 0 fully saturated rings. The van der Waals surface area contributed by atoms with Gasteiger partial charge in [0.2, 0.25) is 0 Å². The van der Waals surface area contributed by atoms with E-state index in [1.807, 2.05) is 66.9 Å². The molecule has 0 aliphatic carbocycles. The van der Waals surface area contributed by atoms with E-state index in [-0.39, 0.29) is 12.1 Å². The van der Waals surface area contributed by atoms with E-state index in [4.69, 9.17) is 9.83 Å². The van der Waals surface area contributed by atoms with Gasteiger partial charge in [0.25, 0.3) is 0 Å². The molecule has 1 N–H and O–H groups in total. The molecule has 0 aliphatic rings. The Labute approximate surface area is 184 Å². The van der Waals surface area contributed by atoms with Gasteiger partial charge < -0.3 is 0 Å². The van der Waals surface area contributed by atoms with E-state index in [1.165, 1.54) is 5.56 Å². The molecule has 0 aliphatic heterocycles. The number of hydrogen-bond donors (Lipinski definition) is 1. The van der Waals surface area contributed by atoms with Crippen molar-refractivity contribution in [1.29, 1.82) is 0 Å².